The van der Waals surface area contributed by atoms with Crippen LogP contribution in [0.3, 0.4) is 0 Å². The smallest absolute Gasteiger partial charge is 0.132 e. The Balaban J connectivity index is 2.40. The van der Waals surface area contributed by atoms with Gasteiger partial charge in [-0.25, -0.2) is 4.39 Å². The molecule has 2 aromatic rings. The van der Waals surface area contributed by atoms with Crippen molar-refractivity contribution in [2.75, 3.05) is 7.11 Å². The lowest BCUT2D eigenvalue weighted by Crippen LogP contribution is -2.13. The molecular weight excluding hydrogens is 377 g/mol. The number of rotatable bonds is 3. The SMILES string of the molecule is COc1ccc(C(N)c2cc(Br)cc(Br)c2)c(F)c1. The molecule has 1 unspecified atom stereocenters. The van der Waals surface area contributed by atoms with Crippen molar-refractivity contribution >= 4 is 31.9 Å². The van der Waals surface area contributed by atoms with Crippen molar-refractivity contribution in [1.29, 1.82) is 0 Å². The molecule has 0 aromatic heterocycles. The second kappa shape index (κ2) is 6.03. The summed E-state index contributed by atoms with van der Waals surface area (Å²) in [7, 11) is 1.50. The van der Waals surface area contributed by atoms with Crippen LogP contribution in [0.15, 0.2) is 45.3 Å². The highest BCUT2D eigenvalue weighted by Gasteiger charge is 2.15. The van der Waals surface area contributed by atoms with Gasteiger partial charge < -0.3 is 10.5 Å². The average molecular weight is 389 g/mol. The van der Waals surface area contributed by atoms with Crippen molar-refractivity contribution in [3.05, 3.63) is 62.3 Å². The largest absolute Gasteiger partial charge is 0.497 e. The van der Waals surface area contributed by atoms with Gasteiger partial charge in [-0.1, -0.05) is 37.9 Å². The second-order valence-corrected chi connectivity index (χ2v) is 5.90. The van der Waals surface area contributed by atoms with Crippen molar-refractivity contribution in [1.82, 2.24) is 0 Å². The first-order chi connectivity index (χ1) is 9.01. The molecule has 2 aromatic carbocycles. The molecule has 100 valence electrons. The fourth-order valence-electron chi connectivity index (χ4n) is 1.82. The van der Waals surface area contributed by atoms with Crippen molar-refractivity contribution < 1.29 is 9.13 Å². The van der Waals surface area contributed by atoms with Crippen LogP contribution in [-0.4, -0.2) is 7.11 Å². The van der Waals surface area contributed by atoms with Gasteiger partial charge >= 0.3 is 0 Å². The third-order valence-corrected chi connectivity index (χ3v) is 3.70. The van der Waals surface area contributed by atoms with Gasteiger partial charge in [0.1, 0.15) is 11.6 Å². The molecule has 1 atom stereocenters. The molecule has 0 bridgehead atoms. The Morgan fingerprint density at radius 3 is 2.26 bits per heavy atom. The Morgan fingerprint density at radius 1 is 1.11 bits per heavy atom. The number of hydrogen-bond donors (Lipinski definition) is 1. The predicted molar refractivity (Wildman–Crippen MR) is 80.8 cm³/mol. The Morgan fingerprint density at radius 2 is 1.74 bits per heavy atom. The number of hydrogen-bond acceptors (Lipinski definition) is 2. The number of nitrogens with two attached hydrogens (primary N) is 1. The van der Waals surface area contributed by atoms with Gasteiger partial charge in [0.25, 0.3) is 0 Å². The Bertz CT molecular complexity index is 584. The lowest BCUT2D eigenvalue weighted by atomic mass is 9.99. The maximum absolute atomic E-state index is 14.0. The summed E-state index contributed by atoms with van der Waals surface area (Å²) >= 11 is 6.79. The van der Waals surface area contributed by atoms with Crippen LogP contribution in [0.2, 0.25) is 0 Å². The fraction of sp³-hybridized carbons (Fsp3) is 0.143. The first-order valence-corrected chi connectivity index (χ1v) is 7.15. The number of benzene rings is 2. The second-order valence-electron chi connectivity index (χ2n) is 4.07. The number of halogens is 3. The van der Waals surface area contributed by atoms with E-state index >= 15 is 0 Å². The van der Waals surface area contributed by atoms with Gasteiger partial charge in [-0.3, -0.25) is 0 Å². The van der Waals surface area contributed by atoms with Crippen LogP contribution in [0.25, 0.3) is 0 Å². The van der Waals surface area contributed by atoms with Gasteiger partial charge in [0.15, 0.2) is 0 Å². The van der Waals surface area contributed by atoms with E-state index in [9.17, 15) is 4.39 Å². The Labute approximate surface area is 128 Å². The lowest BCUT2D eigenvalue weighted by molar-refractivity contribution is 0.410. The average Bonchev–Trinajstić information content (AvgIpc) is 2.36. The molecule has 0 spiro atoms. The standard InChI is InChI=1S/C14H12Br2FNO/c1-19-11-2-3-12(13(17)7-11)14(18)8-4-9(15)6-10(16)5-8/h2-7,14H,18H2,1H3. The molecule has 2 N–H and O–H groups in total. The summed E-state index contributed by atoms with van der Waals surface area (Å²) in [6.07, 6.45) is 0. The Kier molecular flexibility index (Phi) is 4.60. The van der Waals surface area contributed by atoms with E-state index in [0.29, 0.717) is 11.3 Å². The van der Waals surface area contributed by atoms with Gasteiger partial charge in [0.05, 0.1) is 13.2 Å². The van der Waals surface area contributed by atoms with E-state index < -0.39 is 6.04 Å². The minimum Gasteiger partial charge on any atom is -0.497 e. The van der Waals surface area contributed by atoms with E-state index in [-0.39, 0.29) is 5.82 Å². The van der Waals surface area contributed by atoms with Crippen molar-refractivity contribution in [3.63, 3.8) is 0 Å². The molecule has 5 heteroatoms. The van der Waals surface area contributed by atoms with Gasteiger partial charge in [0.2, 0.25) is 0 Å². The minimum absolute atomic E-state index is 0.372. The van der Waals surface area contributed by atoms with Crippen LogP contribution >= 0.6 is 31.9 Å². The zero-order valence-electron chi connectivity index (χ0n) is 10.2. The molecule has 0 aliphatic rings. The van der Waals surface area contributed by atoms with E-state index in [1.165, 1.54) is 13.2 Å². The molecule has 2 nitrogen and oxygen atoms in total. The summed E-state index contributed by atoms with van der Waals surface area (Å²) in [4.78, 5) is 0. The highest BCUT2D eigenvalue weighted by molar-refractivity contribution is 9.11. The molecule has 2 rings (SSSR count). The molecule has 19 heavy (non-hydrogen) atoms. The van der Waals surface area contributed by atoms with E-state index in [0.717, 1.165) is 14.5 Å². The molecule has 0 aliphatic heterocycles. The molecule has 0 saturated carbocycles. The van der Waals surface area contributed by atoms with Gasteiger partial charge in [-0.2, -0.15) is 0 Å². The summed E-state index contributed by atoms with van der Waals surface area (Å²) in [6.45, 7) is 0. The third kappa shape index (κ3) is 3.35. The maximum Gasteiger partial charge on any atom is 0.132 e. The van der Waals surface area contributed by atoms with Gasteiger partial charge in [-0.15, -0.1) is 0 Å². The normalized spacial score (nSPS) is 12.3. The van der Waals surface area contributed by atoms with Gasteiger partial charge in [-0.05, 0) is 29.8 Å². The van der Waals surface area contributed by atoms with Crippen LogP contribution in [0.4, 0.5) is 4.39 Å². The minimum atomic E-state index is -0.528. The number of methoxy groups -OCH3 is 1. The van der Waals surface area contributed by atoms with E-state index in [1.807, 2.05) is 18.2 Å². The molecule has 0 fully saturated rings. The summed E-state index contributed by atoms with van der Waals surface area (Å²) in [5.41, 5.74) is 7.38. The lowest BCUT2D eigenvalue weighted by Gasteiger charge is -2.15. The van der Waals surface area contributed by atoms with Crippen molar-refractivity contribution in [3.8, 4) is 5.75 Å². The molecule has 0 saturated heterocycles. The van der Waals surface area contributed by atoms with E-state index in [4.69, 9.17) is 10.5 Å². The van der Waals surface area contributed by atoms with Crippen LogP contribution in [0, 0.1) is 5.82 Å². The maximum atomic E-state index is 14.0. The monoisotopic (exact) mass is 387 g/mol. The zero-order valence-corrected chi connectivity index (χ0v) is 13.3. The molecule has 0 radical (unpaired) electrons. The number of ether oxygens (including phenoxy) is 1. The van der Waals surface area contributed by atoms with Crippen LogP contribution in [0.5, 0.6) is 5.75 Å². The fourth-order valence-corrected chi connectivity index (χ4v) is 3.15. The van der Waals surface area contributed by atoms with Gasteiger partial charge in [0, 0.05) is 20.6 Å². The zero-order chi connectivity index (χ0) is 14.0. The molecule has 0 aliphatic carbocycles. The van der Waals surface area contributed by atoms with Crippen LogP contribution in [0.1, 0.15) is 17.2 Å². The topological polar surface area (TPSA) is 35.2 Å². The van der Waals surface area contributed by atoms with Crippen molar-refractivity contribution in [2.24, 2.45) is 5.73 Å². The third-order valence-electron chi connectivity index (χ3n) is 2.79. The summed E-state index contributed by atoms with van der Waals surface area (Å²) < 4.78 is 20.7. The molecular formula is C14H12Br2FNO. The summed E-state index contributed by atoms with van der Waals surface area (Å²) in [6, 6.07) is 9.81. The van der Waals surface area contributed by atoms with E-state index in [1.54, 1.807) is 12.1 Å². The summed E-state index contributed by atoms with van der Waals surface area (Å²) in [5, 5.41) is 0. The molecule has 0 heterocycles. The van der Waals surface area contributed by atoms with E-state index in [2.05, 4.69) is 31.9 Å². The highest BCUT2D eigenvalue weighted by Crippen LogP contribution is 2.29. The first-order valence-electron chi connectivity index (χ1n) is 5.56. The summed E-state index contributed by atoms with van der Waals surface area (Å²) in [5.74, 6) is 0.104. The quantitative estimate of drug-likeness (QED) is 0.845. The molecule has 0 amide bonds. The Hall–Kier alpha value is -0.910. The van der Waals surface area contributed by atoms with Crippen molar-refractivity contribution in [2.45, 2.75) is 6.04 Å². The first kappa shape index (κ1) is 14.5. The highest BCUT2D eigenvalue weighted by atomic mass is 79.9. The van der Waals surface area contributed by atoms with Crippen LogP contribution in [-0.2, 0) is 0 Å². The predicted octanol–water partition coefficient (Wildman–Crippen LogP) is 4.41. The van der Waals surface area contributed by atoms with Crippen LogP contribution < -0.4 is 10.5 Å².